The Bertz CT molecular complexity index is 961. The first-order valence-corrected chi connectivity index (χ1v) is 9.13. The van der Waals surface area contributed by atoms with E-state index in [9.17, 15) is 8.42 Å². The molecule has 0 unspecified atom stereocenters. The highest BCUT2D eigenvalue weighted by Gasteiger charge is 2.13. The molecular weight excluding hydrogens is 348 g/mol. The molecule has 0 fully saturated rings. The summed E-state index contributed by atoms with van der Waals surface area (Å²) in [7, 11) is -3.60. The van der Waals surface area contributed by atoms with Crippen molar-refractivity contribution in [1.82, 2.24) is 9.71 Å². The van der Waals surface area contributed by atoms with Gasteiger partial charge in [-0.2, -0.15) is 0 Å². The van der Waals surface area contributed by atoms with Crippen LogP contribution in [0.2, 0.25) is 5.02 Å². The molecule has 124 valence electrons. The van der Waals surface area contributed by atoms with E-state index in [-0.39, 0.29) is 18.0 Å². The number of hydrogen-bond acceptors (Lipinski definition) is 4. The van der Waals surface area contributed by atoms with Crippen LogP contribution in [0.3, 0.4) is 0 Å². The van der Waals surface area contributed by atoms with Crippen molar-refractivity contribution in [2.24, 2.45) is 0 Å². The second kappa shape index (κ2) is 7.17. The molecular formula is C17H15ClN2O3S. The number of halogens is 1. The Morgan fingerprint density at radius 3 is 2.79 bits per heavy atom. The fourth-order valence-corrected chi connectivity index (χ4v) is 3.52. The molecule has 0 saturated carbocycles. The first-order chi connectivity index (χ1) is 11.5. The number of nitrogens with one attached hydrogen (secondary N) is 1. The average molecular weight is 363 g/mol. The number of ether oxygens (including phenoxy) is 1. The van der Waals surface area contributed by atoms with Crippen LogP contribution in [0.5, 0.6) is 5.75 Å². The second-order valence-corrected chi connectivity index (χ2v) is 7.26. The predicted molar refractivity (Wildman–Crippen MR) is 93.9 cm³/mol. The van der Waals surface area contributed by atoms with Crippen molar-refractivity contribution in [1.29, 1.82) is 0 Å². The van der Waals surface area contributed by atoms with Crippen LogP contribution < -0.4 is 9.46 Å². The van der Waals surface area contributed by atoms with Gasteiger partial charge >= 0.3 is 0 Å². The third-order valence-electron chi connectivity index (χ3n) is 3.34. The summed E-state index contributed by atoms with van der Waals surface area (Å²) in [4.78, 5) is 4.37. The largest absolute Gasteiger partial charge is 0.492 e. The molecule has 0 amide bonds. The SMILES string of the molecule is O=S(=O)(NCCOc1ccc2ncccc2c1)c1cccc(Cl)c1. The van der Waals surface area contributed by atoms with Crippen molar-refractivity contribution in [3.05, 3.63) is 65.8 Å². The second-order valence-electron chi connectivity index (χ2n) is 5.06. The van der Waals surface area contributed by atoms with E-state index in [4.69, 9.17) is 16.3 Å². The zero-order chi connectivity index (χ0) is 17.0. The monoisotopic (exact) mass is 362 g/mol. The van der Waals surface area contributed by atoms with E-state index in [1.54, 1.807) is 24.4 Å². The minimum absolute atomic E-state index is 0.131. The summed E-state index contributed by atoms with van der Waals surface area (Å²) in [5, 5.41) is 1.34. The summed E-state index contributed by atoms with van der Waals surface area (Å²) in [5.74, 6) is 0.664. The van der Waals surface area contributed by atoms with Crippen molar-refractivity contribution in [3.63, 3.8) is 0 Å². The van der Waals surface area contributed by atoms with E-state index < -0.39 is 10.0 Å². The number of benzene rings is 2. The van der Waals surface area contributed by atoms with E-state index in [0.717, 1.165) is 10.9 Å². The zero-order valence-electron chi connectivity index (χ0n) is 12.6. The number of rotatable bonds is 6. The van der Waals surface area contributed by atoms with Crippen LogP contribution in [-0.2, 0) is 10.0 Å². The minimum Gasteiger partial charge on any atom is -0.492 e. The first kappa shape index (κ1) is 16.7. The maximum absolute atomic E-state index is 12.1. The lowest BCUT2D eigenvalue weighted by atomic mass is 10.2. The molecule has 0 aliphatic rings. The van der Waals surface area contributed by atoms with Gasteiger partial charge in [0, 0.05) is 23.2 Å². The van der Waals surface area contributed by atoms with E-state index in [1.165, 1.54) is 12.1 Å². The lowest BCUT2D eigenvalue weighted by molar-refractivity contribution is 0.323. The van der Waals surface area contributed by atoms with Gasteiger partial charge in [-0.05, 0) is 42.5 Å². The van der Waals surface area contributed by atoms with Crippen molar-refractivity contribution in [3.8, 4) is 5.75 Å². The van der Waals surface area contributed by atoms with E-state index in [2.05, 4.69) is 9.71 Å². The fraction of sp³-hybridized carbons (Fsp3) is 0.118. The molecule has 2 aromatic carbocycles. The van der Waals surface area contributed by atoms with Crippen molar-refractivity contribution >= 4 is 32.5 Å². The molecule has 0 aliphatic heterocycles. The summed E-state index contributed by atoms with van der Waals surface area (Å²) >= 11 is 5.82. The number of hydrogen-bond donors (Lipinski definition) is 1. The minimum atomic E-state index is -3.60. The maximum atomic E-state index is 12.1. The molecule has 0 aliphatic carbocycles. The van der Waals surface area contributed by atoms with Gasteiger partial charge in [-0.3, -0.25) is 4.98 Å². The predicted octanol–water partition coefficient (Wildman–Crippen LogP) is 3.25. The van der Waals surface area contributed by atoms with Crippen LogP contribution in [0, 0.1) is 0 Å². The Labute approximate surface area is 145 Å². The number of pyridine rings is 1. The van der Waals surface area contributed by atoms with Crippen molar-refractivity contribution in [2.75, 3.05) is 13.2 Å². The van der Waals surface area contributed by atoms with Crippen molar-refractivity contribution in [2.45, 2.75) is 4.90 Å². The van der Waals surface area contributed by atoms with Crippen LogP contribution in [0.25, 0.3) is 10.9 Å². The highest BCUT2D eigenvalue weighted by Crippen LogP contribution is 2.19. The van der Waals surface area contributed by atoms with Gasteiger partial charge in [-0.1, -0.05) is 23.7 Å². The van der Waals surface area contributed by atoms with E-state index in [0.29, 0.717) is 10.8 Å². The molecule has 24 heavy (non-hydrogen) atoms. The van der Waals surface area contributed by atoms with E-state index >= 15 is 0 Å². The Hall–Kier alpha value is -2.15. The average Bonchev–Trinajstić information content (AvgIpc) is 2.59. The molecule has 0 spiro atoms. The van der Waals surface area contributed by atoms with Gasteiger partial charge in [-0.15, -0.1) is 0 Å². The molecule has 5 nitrogen and oxygen atoms in total. The quantitative estimate of drug-likeness (QED) is 0.683. The molecule has 0 radical (unpaired) electrons. The van der Waals surface area contributed by atoms with Crippen LogP contribution in [0.1, 0.15) is 0 Å². The Morgan fingerprint density at radius 2 is 1.96 bits per heavy atom. The molecule has 1 aromatic heterocycles. The summed E-state index contributed by atoms with van der Waals surface area (Å²) < 4.78 is 32.3. The first-order valence-electron chi connectivity index (χ1n) is 7.27. The summed E-state index contributed by atoms with van der Waals surface area (Å²) in [6.07, 6.45) is 1.73. The third-order valence-corrected chi connectivity index (χ3v) is 5.04. The van der Waals surface area contributed by atoms with Crippen LogP contribution >= 0.6 is 11.6 Å². The lowest BCUT2D eigenvalue weighted by Gasteiger charge is -2.09. The summed E-state index contributed by atoms with van der Waals surface area (Å²) in [5.41, 5.74) is 0.881. The van der Waals surface area contributed by atoms with Gasteiger partial charge in [0.1, 0.15) is 12.4 Å². The normalized spacial score (nSPS) is 11.5. The Kier molecular flexibility index (Phi) is 4.99. The number of nitrogens with zero attached hydrogens (tertiary/aromatic N) is 1. The highest BCUT2D eigenvalue weighted by molar-refractivity contribution is 7.89. The summed E-state index contributed by atoms with van der Waals surface area (Å²) in [6.45, 7) is 0.367. The topological polar surface area (TPSA) is 68.3 Å². The number of sulfonamides is 1. The molecule has 0 atom stereocenters. The molecule has 0 bridgehead atoms. The third kappa shape index (κ3) is 4.03. The van der Waals surface area contributed by atoms with Gasteiger partial charge in [0.2, 0.25) is 10.0 Å². The van der Waals surface area contributed by atoms with Gasteiger partial charge < -0.3 is 4.74 Å². The van der Waals surface area contributed by atoms with Gasteiger partial charge in [-0.25, -0.2) is 13.1 Å². The van der Waals surface area contributed by atoms with Crippen LogP contribution in [-0.4, -0.2) is 26.6 Å². The fourth-order valence-electron chi connectivity index (χ4n) is 2.21. The molecule has 0 saturated heterocycles. The van der Waals surface area contributed by atoms with Gasteiger partial charge in [0.15, 0.2) is 0 Å². The van der Waals surface area contributed by atoms with Crippen LogP contribution in [0.4, 0.5) is 0 Å². The number of fused-ring (bicyclic) bond motifs is 1. The Morgan fingerprint density at radius 1 is 1.08 bits per heavy atom. The van der Waals surface area contributed by atoms with Gasteiger partial charge in [0.05, 0.1) is 10.4 Å². The maximum Gasteiger partial charge on any atom is 0.240 e. The molecule has 3 aromatic rings. The standard InChI is InChI=1S/C17H15ClN2O3S/c18-14-4-1-5-16(12-14)24(21,22)20-9-10-23-15-6-7-17-13(11-15)3-2-8-19-17/h1-8,11-12,20H,9-10H2. The lowest BCUT2D eigenvalue weighted by Crippen LogP contribution is -2.28. The molecule has 3 rings (SSSR count). The molecule has 7 heteroatoms. The molecule has 1 N–H and O–H groups in total. The van der Waals surface area contributed by atoms with Crippen molar-refractivity contribution < 1.29 is 13.2 Å². The zero-order valence-corrected chi connectivity index (χ0v) is 14.2. The summed E-state index contributed by atoms with van der Waals surface area (Å²) in [6, 6.07) is 15.4. The van der Waals surface area contributed by atoms with E-state index in [1.807, 2.05) is 24.3 Å². The van der Waals surface area contributed by atoms with Crippen LogP contribution in [0.15, 0.2) is 65.7 Å². The van der Waals surface area contributed by atoms with Gasteiger partial charge in [0.25, 0.3) is 0 Å². The molecule has 1 heterocycles. The Balaban J connectivity index is 1.58. The number of aromatic nitrogens is 1. The smallest absolute Gasteiger partial charge is 0.240 e. The highest BCUT2D eigenvalue weighted by atomic mass is 35.5.